The molecular formula is C8H6N3OS. The van der Waals surface area contributed by atoms with Crippen LogP contribution in [0, 0.1) is 6.33 Å². The fraction of sp³-hybridized carbons (Fsp3) is 0.125. The summed E-state index contributed by atoms with van der Waals surface area (Å²) in [7, 11) is 1.56. The van der Waals surface area contributed by atoms with Crippen LogP contribution in [0.5, 0.6) is 5.88 Å². The second-order valence-electron chi connectivity index (χ2n) is 2.23. The topological polar surface area (TPSA) is 47.9 Å². The summed E-state index contributed by atoms with van der Waals surface area (Å²) in [5.74, 6) is 0.505. The number of hydrogen-bond donors (Lipinski definition) is 0. The fourth-order valence-electron chi connectivity index (χ4n) is 0.942. The molecule has 65 valence electrons. The van der Waals surface area contributed by atoms with Gasteiger partial charge >= 0.3 is 0 Å². The SMILES string of the molecule is COc1n[c]ncc1-c1nccs1. The van der Waals surface area contributed by atoms with Crippen molar-refractivity contribution in [2.24, 2.45) is 0 Å². The quantitative estimate of drug-likeness (QED) is 0.721. The number of rotatable bonds is 2. The van der Waals surface area contributed by atoms with Crippen molar-refractivity contribution >= 4 is 11.3 Å². The lowest BCUT2D eigenvalue weighted by Crippen LogP contribution is -1.92. The molecular weight excluding hydrogens is 186 g/mol. The molecule has 5 heteroatoms. The molecule has 0 aliphatic rings. The third-order valence-electron chi connectivity index (χ3n) is 1.49. The van der Waals surface area contributed by atoms with Crippen LogP contribution < -0.4 is 4.74 Å². The third kappa shape index (κ3) is 1.50. The van der Waals surface area contributed by atoms with Crippen molar-refractivity contribution in [1.29, 1.82) is 0 Å². The summed E-state index contributed by atoms with van der Waals surface area (Å²) in [5, 5.41) is 2.75. The summed E-state index contributed by atoms with van der Waals surface area (Å²) in [6, 6.07) is 0. The van der Waals surface area contributed by atoms with Crippen LogP contribution in [0.4, 0.5) is 0 Å². The van der Waals surface area contributed by atoms with Crippen LogP contribution in [-0.4, -0.2) is 22.1 Å². The number of ether oxygens (including phenoxy) is 1. The van der Waals surface area contributed by atoms with E-state index >= 15 is 0 Å². The van der Waals surface area contributed by atoms with E-state index in [1.54, 1.807) is 19.5 Å². The highest BCUT2D eigenvalue weighted by molar-refractivity contribution is 7.13. The Labute approximate surface area is 79.3 Å². The lowest BCUT2D eigenvalue weighted by molar-refractivity contribution is 0.398. The highest BCUT2D eigenvalue weighted by Crippen LogP contribution is 2.27. The Balaban J connectivity index is 2.51. The maximum atomic E-state index is 5.05. The summed E-state index contributed by atoms with van der Waals surface area (Å²) in [6.45, 7) is 0. The van der Waals surface area contributed by atoms with Crippen LogP contribution in [0.3, 0.4) is 0 Å². The van der Waals surface area contributed by atoms with Gasteiger partial charge in [0.25, 0.3) is 0 Å². The normalized spacial score (nSPS) is 9.92. The molecule has 2 heterocycles. The van der Waals surface area contributed by atoms with E-state index in [1.165, 1.54) is 11.3 Å². The first-order chi connectivity index (χ1) is 6.42. The molecule has 0 aromatic carbocycles. The molecule has 1 radical (unpaired) electrons. The molecule has 0 atom stereocenters. The second-order valence-corrected chi connectivity index (χ2v) is 3.12. The van der Waals surface area contributed by atoms with E-state index in [4.69, 9.17) is 4.74 Å². The molecule has 13 heavy (non-hydrogen) atoms. The van der Waals surface area contributed by atoms with Gasteiger partial charge in [0.05, 0.1) is 12.7 Å². The standard InChI is InChI=1S/C8H6N3OS/c1-12-7-6(4-9-5-11-7)8-10-2-3-13-8/h2-4H,1H3. The molecule has 0 saturated heterocycles. The zero-order valence-electron chi connectivity index (χ0n) is 6.89. The summed E-state index contributed by atoms with van der Waals surface area (Å²) < 4.78 is 5.05. The summed E-state index contributed by atoms with van der Waals surface area (Å²) in [5.41, 5.74) is 0.802. The van der Waals surface area contributed by atoms with Crippen LogP contribution in [0.15, 0.2) is 17.8 Å². The molecule has 0 spiro atoms. The number of thiazole rings is 1. The molecule has 2 aromatic heterocycles. The van der Waals surface area contributed by atoms with Crippen molar-refractivity contribution < 1.29 is 4.74 Å². The molecule has 4 nitrogen and oxygen atoms in total. The van der Waals surface area contributed by atoms with E-state index in [9.17, 15) is 0 Å². The molecule has 0 saturated carbocycles. The minimum atomic E-state index is 0.505. The molecule has 2 rings (SSSR count). The maximum Gasteiger partial charge on any atom is 0.227 e. The lowest BCUT2D eigenvalue weighted by Gasteiger charge is -2.01. The Morgan fingerprint density at radius 1 is 1.54 bits per heavy atom. The van der Waals surface area contributed by atoms with Gasteiger partial charge in [-0.25, -0.2) is 9.97 Å². The van der Waals surface area contributed by atoms with Crippen molar-refractivity contribution in [2.75, 3.05) is 7.11 Å². The van der Waals surface area contributed by atoms with Gasteiger partial charge in [0.1, 0.15) is 5.01 Å². The van der Waals surface area contributed by atoms with E-state index in [2.05, 4.69) is 21.3 Å². The van der Waals surface area contributed by atoms with E-state index < -0.39 is 0 Å². The largest absolute Gasteiger partial charge is 0.480 e. The van der Waals surface area contributed by atoms with Crippen molar-refractivity contribution in [1.82, 2.24) is 15.0 Å². The Morgan fingerprint density at radius 2 is 2.46 bits per heavy atom. The minimum Gasteiger partial charge on any atom is -0.480 e. The maximum absolute atomic E-state index is 5.05. The van der Waals surface area contributed by atoms with Gasteiger partial charge in [0.15, 0.2) is 0 Å². The monoisotopic (exact) mass is 192 g/mol. The van der Waals surface area contributed by atoms with E-state index in [-0.39, 0.29) is 0 Å². The minimum absolute atomic E-state index is 0.505. The molecule has 2 aromatic rings. The van der Waals surface area contributed by atoms with Crippen LogP contribution in [0.2, 0.25) is 0 Å². The van der Waals surface area contributed by atoms with Gasteiger partial charge in [-0.2, -0.15) is 4.98 Å². The Bertz CT molecular complexity index is 388. The van der Waals surface area contributed by atoms with Crippen molar-refractivity contribution in [3.8, 4) is 16.5 Å². The Morgan fingerprint density at radius 3 is 3.15 bits per heavy atom. The van der Waals surface area contributed by atoms with Crippen LogP contribution in [0.25, 0.3) is 10.6 Å². The van der Waals surface area contributed by atoms with Gasteiger partial charge in [-0.3, -0.25) is 0 Å². The van der Waals surface area contributed by atoms with Crippen LogP contribution in [-0.2, 0) is 0 Å². The van der Waals surface area contributed by atoms with Crippen molar-refractivity contribution in [3.05, 3.63) is 24.1 Å². The highest BCUT2D eigenvalue weighted by Gasteiger charge is 2.08. The number of aromatic nitrogens is 3. The van der Waals surface area contributed by atoms with Gasteiger partial charge < -0.3 is 4.74 Å². The first kappa shape index (κ1) is 8.12. The van der Waals surface area contributed by atoms with Crippen LogP contribution in [0.1, 0.15) is 0 Å². The first-order valence-electron chi connectivity index (χ1n) is 3.59. The zero-order valence-corrected chi connectivity index (χ0v) is 7.71. The lowest BCUT2D eigenvalue weighted by atomic mass is 10.3. The average Bonchev–Trinajstić information content (AvgIpc) is 2.70. The summed E-state index contributed by atoms with van der Waals surface area (Å²) in [4.78, 5) is 11.8. The van der Waals surface area contributed by atoms with Gasteiger partial charge in [-0.15, -0.1) is 11.3 Å². The fourth-order valence-corrected chi connectivity index (χ4v) is 1.58. The van der Waals surface area contributed by atoms with E-state index in [0.29, 0.717) is 5.88 Å². The van der Waals surface area contributed by atoms with Gasteiger partial charge in [0.2, 0.25) is 12.2 Å². The molecule has 0 unspecified atom stereocenters. The molecule has 0 aliphatic heterocycles. The predicted molar refractivity (Wildman–Crippen MR) is 48.5 cm³/mol. The Hall–Kier alpha value is -1.49. The molecule has 0 bridgehead atoms. The summed E-state index contributed by atoms with van der Waals surface area (Å²) in [6.07, 6.45) is 5.84. The molecule has 0 amide bonds. The first-order valence-corrected chi connectivity index (χ1v) is 4.46. The van der Waals surface area contributed by atoms with E-state index in [1.807, 2.05) is 5.38 Å². The Kier molecular flexibility index (Phi) is 2.18. The van der Waals surface area contributed by atoms with Gasteiger partial charge in [-0.1, -0.05) is 0 Å². The number of methoxy groups -OCH3 is 1. The highest BCUT2D eigenvalue weighted by atomic mass is 32.1. The third-order valence-corrected chi connectivity index (χ3v) is 2.30. The van der Waals surface area contributed by atoms with Crippen molar-refractivity contribution in [2.45, 2.75) is 0 Å². The smallest absolute Gasteiger partial charge is 0.227 e. The van der Waals surface area contributed by atoms with E-state index in [0.717, 1.165) is 10.6 Å². The zero-order chi connectivity index (χ0) is 9.10. The molecule has 0 N–H and O–H groups in total. The van der Waals surface area contributed by atoms with Gasteiger partial charge in [-0.05, 0) is 0 Å². The summed E-state index contributed by atoms with van der Waals surface area (Å²) >= 11 is 1.52. The predicted octanol–water partition coefficient (Wildman–Crippen LogP) is 1.41. The number of nitrogens with zero attached hydrogens (tertiary/aromatic N) is 3. The van der Waals surface area contributed by atoms with Gasteiger partial charge in [0, 0.05) is 17.8 Å². The molecule has 0 fully saturated rings. The molecule has 0 aliphatic carbocycles. The second kappa shape index (κ2) is 3.49. The van der Waals surface area contributed by atoms with Crippen LogP contribution >= 0.6 is 11.3 Å². The number of hydrogen-bond acceptors (Lipinski definition) is 5. The van der Waals surface area contributed by atoms with Crippen molar-refractivity contribution in [3.63, 3.8) is 0 Å². The average molecular weight is 192 g/mol.